The standard InChI is InChI=1S/C68H43N11/c1-7-21-44(22-8-1)60-70-61(45-23-9-2-10-24-45)74-66(73-60)50-35-38-57-54(41-50)55-42-51(67-75-62(46-25-11-3-12-26-46)71-63(76-67)47-27-13-4-14-28-47)36-39-58(55)79(57)59-43-52(34-37-53(59)56-33-19-20-40-69-56)68-77-64(48-29-15-5-16-30-48)72-65(78-68)49-31-17-6-18-32-49/h1-43H. The number of fused-ring (bicyclic) bond motifs is 3. The van der Waals surface area contributed by atoms with Crippen molar-refractivity contribution in [2.24, 2.45) is 0 Å². The average Bonchev–Trinajstić information content (AvgIpc) is 3.98. The minimum absolute atomic E-state index is 0.531. The molecular weight excluding hydrogens is 971 g/mol. The van der Waals surface area contributed by atoms with Crippen LogP contribution in [0, 0.1) is 0 Å². The van der Waals surface area contributed by atoms with Crippen LogP contribution in [0.1, 0.15) is 0 Å². The Labute approximate surface area is 454 Å². The minimum atomic E-state index is 0.531. The summed E-state index contributed by atoms with van der Waals surface area (Å²) in [5.41, 5.74) is 12.2. The van der Waals surface area contributed by atoms with Gasteiger partial charge in [-0.05, 0) is 60.7 Å². The number of benzene rings is 9. The SMILES string of the molecule is c1ccc(-c2nc(-c3ccccc3)nc(-c3ccc(-c4ccccn4)c(-n4c5ccc(-c6nc(-c7ccccc7)nc(-c7ccccc7)n6)cc5c5cc(-c6nc(-c7ccccc7)nc(-c7ccccc7)n6)ccc54)c3)n2)cc1. The van der Waals surface area contributed by atoms with E-state index < -0.39 is 0 Å². The van der Waals surface area contributed by atoms with Crippen molar-refractivity contribution in [1.29, 1.82) is 0 Å². The Morgan fingerprint density at radius 2 is 0.506 bits per heavy atom. The van der Waals surface area contributed by atoms with Crippen LogP contribution in [-0.4, -0.2) is 54.4 Å². The summed E-state index contributed by atoms with van der Waals surface area (Å²) in [4.78, 5) is 51.0. The molecule has 9 aromatic carbocycles. The van der Waals surface area contributed by atoms with Crippen molar-refractivity contribution in [2.45, 2.75) is 0 Å². The van der Waals surface area contributed by atoms with Crippen LogP contribution in [-0.2, 0) is 0 Å². The summed E-state index contributed by atoms with van der Waals surface area (Å²) >= 11 is 0. The average molecular weight is 1010 g/mol. The molecule has 79 heavy (non-hydrogen) atoms. The molecule has 0 aliphatic heterocycles. The predicted octanol–water partition coefficient (Wildman–Crippen LogP) is 15.4. The lowest BCUT2D eigenvalue weighted by atomic mass is 10.0. The maximum Gasteiger partial charge on any atom is 0.164 e. The van der Waals surface area contributed by atoms with Crippen LogP contribution in [0.15, 0.2) is 261 Å². The third kappa shape index (κ3) is 9.13. The fourth-order valence-corrected chi connectivity index (χ4v) is 9.97. The van der Waals surface area contributed by atoms with Crippen molar-refractivity contribution in [3.05, 3.63) is 261 Å². The zero-order chi connectivity index (χ0) is 52.5. The van der Waals surface area contributed by atoms with Gasteiger partial charge in [0.25, 0.3) is 0 Å². The van der Waals surface area contributed by atoms with E-state index in [0.29, 0.717) is 52.4 Å². The Balaban J connectivity index is 1.03. The topological polar surface area (TPSA) is 134 Å². The van der Waals surface area contributed by atoms with Gasteiger partial charge in [-0.15, -0.1) is 0 Å². The molecule has 0 fully saturated rings. The van der Waals surface area contributed by atoms with Gasteiger partial charge in [-0.25, -0.2) is 44.9 Å². The first-order valence-corrected chi connectivity index (χ1v) is 25.9. The van der Waals surface area contributed by atoms with E-state index in [9.17, 15) is 0 Å². The molecule has 14 rings (SSSR count). The minimum Gasteiger partial charge on any atom is -0.309 e. The highest BCUT2D eigenvalue weighted by Gasteiger charge is 2.23. The van der Waals surface area contributed by atoms with Crippen LogP contribution < -0.4 is 0 Å². The third-order valence-corrected chi connectivity index (χ3v) is 13.8. The van der Waals surface area contributed by atoms with E-state index >= 15 is 0 Å². The van der Waals surface area contributed by atoms with E-state index in [1.807, 2.05) is 206 Å². The number of hydrogen-bond acceptors (Lipinski definition) is 10. The van der Waals surface area contributed by atoms with Gasteiger partial charge in [0.15, 0.2) is 52.4 Å². The Kier molecular flexibility index (Phi) is 11.9. The monoisotopic (exact) mass is 1010 g/mol. The fourth-order valence-electron chi connectivity index (χ4n) is 9.97. The van der Waals surface area contributed by atoms with Crippen LogP contribution in [0.3, 0.4) is 0 Å². The maximum atomic E-state index is 5.17. The normalized spacial score (nSPS) is 11.3. The van der Waals surface area contributed by atoms with E-state index in [-0.39, 0.29) is 0 Å². The van der Waals surface area contributed by atoms with E-state index in [2.05, 4.69) is 59.2 Å². The van der Waals surface area contributed by atoms with Gasteiger partial charge in [-0.2, -0.15) is 0 Å². The van der Waals surface area contributed by atoms with Gasteiger partial charge < -0.3 is 4.57 Å². The van der Waals surface area contributed by atoms with Gasteiger partial charge in [-0.1, -0.05) is 194 Å². The lowest BCUT2D eigenvalue weighted by Gasteiger charge is -2.16. The van der Waals surface area contributed by atoms with Crippen molar-refractivity contribution in [1.82, 2.24) is 54.4 Å². The molecule has 11 nitrogen and oxygen atoms in total. The summed E-state index contributed by atoms with van der Waals surface area (Å²) in [6, 6.07) is 85.4. The van der Waals surface area contributed by atoms with Gasteiger partial charge in [-0.3, -0.25) is 4.98 Å². The summed E-state index contributed by atoms with van der Waals surface area (Å²) in [5, 5.41) is 1.90. The van der Waals surface area contributed by atoms with Gasteiger partial charge in [0.05, 0.1) is 22.4 Å². The summed E-state index contributed by atoms with van der Waals surface area (Å²) in [6.45, 7) is 0. The van der Waals surface area contributed by atoms with Crippen molar-refractivity contribution < 1.29 is 0 Å². The molecule has 14 aromatic rings. The number of rotatable bonds is 11. The molecule has 0 atom stereocenters. The number of pyridine rings is 1. The van der Waals surface area contributed by atoms with E-state index in [0.717, 1.165) is 88.8 Å². The number of nitrogens with zero attached hydrogens (tertiary/aromatic N) is 11. The number of aromatic nitrogens is 11. The summed E-state index contributed by atoms with van der Waals surface area (Å²) in [7, 11) is 0. The van der Waals surface area contributed by atoms with Crippen LogP contribution in [0.4, 0.5) is 0 Å². The predicted molar refractivity (Wildman–Crippen MR) is 313 cm³/mol. The fraction of sp³-hybridized carbons (Fsp3) is 0. The Morgan fingerprint density at radius 1 is 0.228 bits per heavy atom. The Bertz CT molecular complexity index is 4150. The molecular formula is C68H43N11. The molecule has 0 radical (unpaired) electrons. The highest BCUT2D eigenvalue weighted by atomic mass is 15.1. The Morgan fingerprint density at radius 3 is 0.810 bits per heavy atom. The summed E-state index contributed by atoms with van der Waals surface area (Å²) < 4.78 is 2.31. The van der Waals surface area contributed by atoms with Gasteiger partial charge in [0.2, 0.25) is 0 Å². The highest BCUT2D eigenvalue weighted by molar-refractivity contribution is 6.12. The first-order valence-electron chi connectivity index (χ1n) is 25.9. The molecule has 0 aliphatic rings. The number of hydrogen-bond donors (Lipinski definition) is 0. The summed E-state index contributed by atoms with van der Waals surface area (Å²) in [6.07, 6.45) is 1.83. The molecule has 0 bridgehead atoms. The van der Waals surface area contributed by atoms with Crippen molar-refractivity contribution in [3.63, 3.8) is 0 Å². The van der Waals surface area contributed by atoms with Crippen LogP contribution in [0.2, 0.25) is 0 Å². The van der Waals surface area contributed by atoms with E-state index in [1.165, 1.54) is 0 Å². The zero-order valence-electron chi connectivity index (χ0n) is 42.2. The smallest absolute Gasteiger partial charge is 0.164 e. The molecule has 5 heterocycles. The van der Waals surface area contributed by atoms with Gasteiger partial charge in [0.1, 0.15) is 0 Å². The molecule has 0 unspecified atom stereocenters. The molecule has 5 aromatic heterocycles. The van der Waals surface area contributed by atoms with Crippen molar-refractivity contribution in [2.75, 3.05) is 0 Å². The highest BCUT2D eigenvalue weighted by Crippen LogP contribution is 2.41. The van der Waals surface area contributed by atoms with Gasteiger partial charge in [0, 0.05) is 72.6 Å². The van der Waals surface area contributed by atoms with Crippen molar-refractivity contribution >= 4 is 21.8 Å². The van der Waals surface area contributed by atoms with E-state index in [1.54, 1.807) is 0 Å². The van der Waals surface area contributed by atoms with Crippen molar-refractivity contribution in [3.8, 4) is 119 Å². The first-order chi connectivity index (χ1) is 39.1. The molecule has 11 heteroatoms. The van der Waals surface area contributed by atoms with Crippen LogP contribution in [0.25, 0.3) is 141 Å². The second-order valence-electron chi connectivity index (χ2n) is 18.9. The molecule has 0 amide bonds. The maximum absolute atomic E-state index is 5.17. The second kappa shape index (κ2) is 20.2. The van der Waals surface area contributed by atoms with Gasteiger partial charge >= 0.3 is 0 Å². The Hall–Kier alpha value is -11.0. The first kappa shape index (κ1) is 46.5. The second-order valence-corrected chi connectivity index (χ2v) is 18.9. The molecule has 0 aliphatic carbocycles. The van der Waals surface area contributed by atoms with Crippen LogP contribution >= 0.6 is 0 Å². The van der Waals surface area contributed by atoms with E-state index in [4.69, 9.17) is 49.8 Å². The molecule has 0 spiro atoms. The third-order valence-electron chi connectivity index (χ3n) is 13.8. The van der Waals surface area contributed by atoms with Crippen LogP contribution in [0.5, 0.6) is 0 Å². The summed E-state index contributed by atoms with van der Waals surface area (Å²) in [5.74, 6) is 5.07. The zero-order valence-corrected chi connectivity index (χ0v) is 42.2. The lowest BCUT2D eigenvalue weighted by Crippen LogP contribution is -2.03. The molecule has 0 saturated heterocycles. The molecule has 0 N–H and O–H groups in total. The quantitative estimate of drug-likeness (QED) is 0.123. The molecule has 370 valence electrons. The lowest BCUT2D eigenvalue weighted by molar-refractivity contribution is 1.07. The largest absolute Gasteiger partial charge is 0.309 e. The molecule has 0 saturated carbocycles.